The zero-order valence-electron chi connectivity index (χ0n) is 11.4. The SMILES string of the molecule is CC(=O)[C@@](C)(O)[C@H]1CCc2cc(C#N)c(C)cc2O1. The summed E-state index contributed by atoms with van der Waals surface area (Å²) in [5.74, 6) is 0.362. The highest BCUT2D eigenvalue weighted by molar-refractivity contribution is 5.85. The van der Waals surface area contributed by atoms with Crippen molar-refractivity contribution >= 4 is 5.78 Å². The summed E-state index contributed by atoms with van der Waals surface area (Å²) >= 11 is 0. The van der Waals surface area contributed by atoms with Crippen LogP contribution in [0.3, 0.4) is 0 Å². The van der Waals surface area contributed by atoms with E-state index in [4.69, 9.17) is 10.00 Å². The average Bonchev–Trinajstić information content (AvgIpc) is 2.36. The van der Waals surface area contributed by atoms with Crippen LogP contribution in [0.5, 0.6) is 5.75 Å². The van der Waals surface area contributed by atoms with Crippen LogP contribution in [-0.4, -0.2) is 22.6 Å². The second-order valence-corrected chi connectivity index (χ2v) is 5.24. The molecule has 1 heterocycles. The topological polar surface area (TPSA) is 70.3 Å². The van der Waals surface area contributed by atoms with Crippen molar-refractivity contribution in [1.29, 1.82) is 5.26 Å². The van der Waals surface area contributed by atoms with Crippen molar-refractivity contribution in [2.24, 2.45) is 0 Å². The van der Waals surface area contributed by atoms with Gasteiger partial charge in [0.15, 0.2) is 11.4 Å². The number of aliphatic hydroxyl groups is 1. The number of nitrogens with zero attached hydrogens (tertiary/aromatic N) is 1. The minimum atomic E-state index is -1.47. The van der Waals surface area contributed by atoms with Crippen molar-refractivity contribution in [3.8, 4) is 11.8 Å². The Morgan fingerprint density at radius 2 is 2.26 bits per heavy atom. The first-order valence-electron chi connectivity index (χ1n) is 6.30. The van der Waals surface area contributed by atoms with Crippen LogP contribution in [0, 0.1) is 18.3 Å². The summed E-state index contributed by atoms with van der Waals surface area (Å²) in [6.45, 7) is 4.69. The predicted octanol–water partition coefficient (Wildman–Crippen LogP) is 1.90. The van der Waals surface area contributed by atoms with Crippen molar-refractivity contribution in [3.05, 3.63) is 28.8 Å². The number of rotatable bonds is 2. The van der Waals surface area contributed by atoms with Gasteiger partial charge >= 0.3 is 0 Å². The number of benzene rings is 1. The molecule has 1 aliphatic rings. The number of carbonyl (C=O) groups excluding carboxylic acids is 1. The monoisotopic (exact) mass is 259 g/mol. The van der Waals surface area contributed by atoms with Gasteiger partial charge in [-0.3, -0.25) is 4.79 Å². The second-order valence-electron chi connectivity index (χ2n) is 5.24. The van der Waals surface area contributed by atoms with Gasteiger partial charge in [0.2, 0.25) is 0 Å². The van der Waals surface area contributed by atoms with Crippen molar-refractivity contribution in [2.75, 3.05) is 0 Å². The Morgan fingerprint density at radius 1 is 1.58 bits per heavy atom. The third-order valence-corrected chi connectivity index (χ3v) is 3.81. The van der Waals surface area contributed by atoms with Crippen LogP contribution >= 0.6 is 0 Å². The molecule has 4 heteroatoms. The average molecular weight is 259 g/mol. The number of nitriles is 1. The third-order valence-electron chi connectivity index (χ3n) is 3.81. The Kier molecular flexibility index (Phi) is 3.34. The lowest BCUT2D eigenvalue weighted by Gasteiger charge is -2.35. The van der Waals surface area contributed by atoms with Crippen LogP contribution in [0.25, 0.3) is 0 Å². The molecule has 1 aromatic carbocycles. The van der Waals surface area contributed by atoms with E-state index in [1.54, 1.807) is 6.07 Å². The molecule has 0 spiro atoms. The molecule has 0 amide bonds. The van der Waals surface area contributed by atoms with Crippen molar-refractivity contribution in [2.45, 2.75) is 45.3 Å². The molecule has 0 saturated heterocycles. The molecule has 4 nitrogen and oxygen atoms in total. The molecule has 0 aliphatic carbocycles. The van der Waals surface area contributed by atoms with Gasteiger partial charge in [0.25, 0.3) is 0 Å². The number of carbonyl (C=O) groups is 1. The van der Waals surface area contributed by atoms with Crippen molar-refractivity contribution in [3.63, 3.8) is 0 Å². The molecule has 100 valence electrons. The molecular formula is C15H17NO3. The van der Waals surface area contributed by atoms with E-state index in [1.165, 1.54) is 13.8 Å². The highest BCUT2D eigenvalue weighted by Gasteiger charge is 2.40. The number of ether oxygens (including phenoxy) is 1. The maximum atomic E-state index is 11.5. The van der Waals surface area contributed by atoms with Crippen LogP contribution in [0.1, 0.15) is 37.0 Å². The Labute approximate surface area is 112 Å². The van der Waals surface area contributed by atoms with Gasteiger partial charge in [0.05, 0.1) is 11.6 Å². The summed E-state index contributed by atoms with van der Waals surface area (Å²) in [5.41, 5.74) is 0.959. The number of aryl methyl sites for hydroxylation is 2. The van der Waals surface area contributed by atoms with E-state index in [0.29, 0.717) is 24.2 Å². The van der Waals surface area contributed by atoms with Crippen LogP contribution in [0.15, 0.2) is 12.1 Å². The molecule has 0 bridgehead atoms. The van der Waals surface area contributed by atoms with E-state index in [1.807, 2.05) is 13.0 Å². The molecule has 0 saturated carbocycles. The lowest BCUT2D eigenvalue weighted by Crippen LogP contribution is -2.50. The molecular weight excluding hydrogens is 242 g/mol. The highest BCUT2D eigenvalue weighted by Crippen LogP contribution is 2.33. The van der Waals surface area contributed by atoms with Gasteiger partial charge in [-0.05, 0) is 56.9 Å². The van der Waals surface area contributed by atoms with Crippen molar-refractivity contribution in [1.82, 2.24) is 0 Å². The summed E-state index contributed by atoms with van der Waals surface area (Å²) in [5, 5.41) is 19.2. The predicted molar refractivity (Wildman–Crippen MR) is 69.9 cm³/mol. The molecule has 2 rings (SSSR count). The van der Waals surface area contributed by atoms with Gasteiger partial charge in [-0.2, -0.15) is 5.26 Å². The number of Topliss-reactive ketones (excluding diaryl/α,β-unsaturated/α-hetero) is 1. The summed E-state index contributed by atoms with van der Waals surface area (Å²) in [6, 6.07) is 5.77. The summed E-state index contributed by atoms with van der Waals surface area (Å²) in [6.07, 6.45) is 0.719. The quantitative estimate of drug-likeness (QED) is 0.880. The number of fused-ring (bicyclic) bond motifs is 1. The largest absolute Gasteiger partial charge is 0.487 e. The van der Waals surface area contributed by atoms with Gasteiger partial charge < -0.3 is 9.84 Å². The minimum Gasteiger partial charge on any atom is -0.487 e. The summed E-state index contributed by atoms with van der Waals surface area (Å²) < 4.78 is 5.76. The Balaban J connectivity index is 2.33. The fourth-order valence-corrected chi connectivity index (χ4v) is 2.27. The van der Waals surface area contributed by atoms with E-state index >= 15 is 0 Å². The van der Waals surface area contributed by atoms with Crippen molar-refractivity contribution < 1.29 is 14.6 Å². The van der Waals surface area contributed by atoms with Crippen LogP contribution < -0.4 is 4.74 Å². The molecule has 19 heavy (non-hydrogen) atoms. The van der Waals surface area contributed by atoms with E-state index in [9.17, 15) is 9.90 Å². The number of hydrogen-bond donors (Lipinski definition) is 1. The molecule has 0 unspecified atom stereocenters. The molecule has 2 atom stereocenters. The lowest BCUT2D eigenvalue weighted by molar-refractivity contribution is -0.144. The van der Waals surface area contributed by atoms with Gasteiger partial charge in [-0.15, -0.1) is 0 Å². The van der Waals surface area contributed by atoms with E-state index in [2.05, 4.69) is 6.07 Å². The zero-order valence-corrected chi connectivity index (χ0v) is 11.4. The first kappa shape index (κ1) is 13.6. The first-order chi connectivity index (χ1) is 8.86. The Bertz CT molecular complexity index is 569. The maximum Gasteiger partial charge on any atom is 0.164 e. The second kappa shape index (κ2) is 4.67. The Hall–Kier alpha value is -1.86. The van der Waals surface area contributed by atoms with Gasteiger partial charge in [0.1, 0.15) is 11.9 Å². The third kappa shape index (κ3) is 2.34. The fourth-order valence-electron chi connectivity index (χ4n) is 2.27. The standard InChI is InChI=1S/C15H17NO3/c1-9-6-13-11(7-12(9)8-16)4-5-14(19-13)15(3,18)10(2)17/h6-7,14,18H,4-5H2,1-3H3/t14-,15-/m1/s1. The van der Waals surface area contributed by atoms with Crippen LogP contribution in [0.2, 0.25) is 0 Å². The normalized spacial score (nSPS) is 20.7. The van der Waals surface area contributed by atoms with Crippen LogP contribution in [0.4, 0.5) is 0 Å². The molecule has 0 radical (unpaired) electrons. The van der Waals surface area contributed by atoms with Crippen LogP contribution in [-0.2, 0) is 11.2 Å². The fraction of sp³-hybridized carbons (Fsp3) is 0.467. The number of hydrogen-bond acceptors (Lipinski definition) is 4. The summed E-state index contributed by atoms with van der Waals surface area (Å²) in [4.78, 5) is 11.5. The molecule has 0 fully saturated rings. The molecule has 1 aromatic rings. The molecule has 1 aliphatic heterocycles. The summed E-state index contributed by atoms with van der Waals surface area (Å²) in [7, 11) is 0. The first-order valence-corrected chi connectivity index (χ1v) is 6.30. The zero-order chi connectivity index (χ0) is 14.2. The Morgan fingerprint density at radius 3 is 2.84 bits per heavy atom. The maximum absolute atomic E-state index is 11.5. The van der Waals surface area contributed by atoms with Gasteiger partial charge in [0, 0.05) is 0 Å². The number of ketones is 1. The minimum absolute atomic E-state index is 0.300. The van der Waals surface area contributed by atoms with E-state index in [-0.39, 0.29) is 5.78 Å². The van der Waals surface area contributed by atoms with E-state index in [0.717, 1.165) is 11.1 Å². The smallest absolute Gasteiger partial charge is 0.164 e. The molecule has 0 aromatic heterocycles. The van der Waals surface area contributed by atoms with Gasteiger partial charge in [-0.1, -0.05) is 0 Å². The highest BCUT2D eigenvalue weighted by atomic mass is 16.5. The van der Waals surface area contributed by atoms with Gasteiger partial charge in [-0.25, -0.2) is 0 Å². The van der Waals surface area contributed by atoms with E-state index < -0.39 is 11.7 Å². The lowest BCUT2D eigenvalue weighted by atomic mass is 9.87. The molecule has 1 N–H and O–H groups in total.